The largest absolute Gasteiger partial charge is 0.359 e. The molecule has 0 aliphatic rings. The Bertz CT molecular complexity index is 487. The summed E-state index contributed by atoms with van der Waals surface area (Å²) in [6, 6.07) is 10.0. The highest BCUT2D eigenvalue weighted by atomic mass is 35.5. The lowest BCUT2D eigenvalue weighted by Crippen LogP contribution is -2.21. The van der Waals surface area contributed by atoms with Crippen molar-refractivity contribution in [2.24, 2.45) is 0 Å². The highest BCUT2D eigenvalue weighted by molar-refractivity contribution is 6.16. The molecule has 0 unspecified atom stereocenters. The molecule has 0 aliphatic heterocycles. The van der Waals surface area contributed by atoms with E-state index >= 15 is 0 Å². The van der Waals surface area contributed by atoms with Crippen molar-refractivity contribution in [3.63, 3.8) is 0 Å². The molecule has 0 fully saturated rings. The van der Waals surface area contributed by atoms with Gasteiger partial charge in [0.05, 0.1) is 11.6 Å². The van der Waals surface area contributed by atoms with E-state index in [2.05, 4.69) is 14.9 Å². The SMILES string of the molecule is CN(CCc1ccncc1)c1cccc(CCl)n1. The molecule has 0 aromatic carbocycles. The van der Waals surface area contributed by atoms with Gasteiger partial charge in [0.1, 0.15) is 5.82 Å². The van der Waals surface area contributed by atoms with Crippen molar-refractivity contribution in [3.05, 3.63) is 54.0 Å². The zero-order valence-electron chi connectivity index (χ0n) is 10.4. The third-order valence-electron chi connectivity index (χ3n) is 2.81. The van der Waals surface area contributed by atoms with E-state index in [0.29, 0.717) is 5.88 Å². The van der Waals surface area contributed by atoms with E-state index < -0.39 is 0 Å². The number of halogens is 1. The maximum atomic E-state index is 5.79. The first-order valence-electron chi connectivity index (χ1n) is 5.91. The lowest BCUT2D eigenvalue weighted by atomic mass is 10.2. The van der Waals surface area contributed by atoms with E-state index in [4.69, 9.17) is 11.6 Å². The molecule has 0 amide bonds. The molecule has 2 rings (SSSR count). The fraction of sp³-hybridized carbons (Fsp3) is 0.286. The van der Waals surface area contributed by atoms with Crippen molar-refractivity contribution in [3.8, 4) is 0 Å². The molecule has 0 atom stereocenters. The zero-order valence-corrected chi connectivity index (χ0v) is 11.1. The quantitative estimate of drug-likeness (QED) is 0.775. The van der Waals surface area contributed by atoms with E-state index in [9.17, 15) is 0 Å². The van der Waals surface area contributed by atoms with Crippen LogP contribution in [0.5, 0.6) is 0 Å². The fourth-order valence-corrected chi connectivity index (χ4v) is 1.86. The maximum absolute atomic E-state index is 5.79. The first-order chi connectivity index (χ1) is 8.79. The molecular weight excluding hydrogens is 246 g/mol. The van der Waals surface area contributed by atoms with Gasteiger partial charge in [0.25, 0.3) is 0 Å². The predicted molar refractivity (Wildman–Crippen MR) is 75.0 cm³/mol. The Kier molecular flexibility index (Phi) is 4.53. The third kappa shape index (κ3) is 3.44. The van der Waals surface area contributed by atoms with Crippen molar-refractivity contribution < 1.29 is 0 Å². The summed E-state index contributed by atoms with van der Waals surface area (Å²) in [6.07, 6.45) is 4.62. The molecule has 0 bridgehead atoms. The normalized spacial score (nSPS) is 10.3. The number of likely N-dealkylation sites (N-methyl/N-ethyl adjacent to an activating group) is 1. The number of nitrogens with zero attached hydrogens (tertiary/aromatic N) is 3. The van der Waals surface area contributed by atoms with Gasteiger partial charge >= 0.3 is 0 Å². The Morgan fingerprint density at radius 2 is 1.94 bits per heavy atom. The molecule has 94 valence electrons. The highest BCUT2D eigenvalue weighted by Gasteiger charge is 2.03. The first-order valence-corrected chi connectivity index (χ1v) is 6.45. The van der Waals surface area contributed by atoms with Gasteiger partial charge in [0.2, 0.25) is 0 Å². The van der Waals surface area contributed by atoms with Crippen LogP contribution >= 0.6 is 11.6 Å². The number of hydrogen-bond donors (Lipinski definition) is 0. The Labute approximate surface area is 112 Å². The monoisotopic (exact) mass is 261 g/mol. The summed E-state index contributed by atoms with van der Waals surface area (Å²) >= 11 is 5.79. The Morgan fingerprint density at radius 3 is 2.67 bits per heavy atom. The maximum Gasteiger partial charge on any atom is 0.128 e. The van der Waals surface area contributed by atoms with Gasteiger partial charge in [0.15, 0.2) is 0 Å². The second-order valence-corrected chi connectivity index (χ2v) is 4.42. The fourth-order valence-electron chi connectivity index (χ4n) is 1.71. The average Bonchev–Trinajstić information content (AvgIpc) is 2.46. The minimum atomic E-state index is 0.450. The summed E-state index contributed by atoms with van der Waals surface area (Å²) in [5.41, 5.74) is 2.19. The van der Waals surface area contributed by atoms with Crippen LogP contribution in [0.1, 0.15) is 11.3 Å². The van der Waals surface area contributed by atoms with Crippen LogP contribution in [0.2, 0.25) is 0 Å². The summed E-state index contributed by atoms with van der Waals surface area (Å²) < 4.78 is 0. The van der Waals surface area contributed by atoms with E-state index in [1.165, 1.54) is 5.56 Å². The predicted octanol–water partition coefficient (Wildman–Crippen LogP) is 2.89. The summed E-state index contributed by atoms with van der Waals surface area (Å²) in [4.78, 5) is 10.6. The molecule has 0 saturated heterocycles. The van der Waals surface area contributed by atoms with E-state index in [1.807, 2.05) is 49.8 Å². The molecule has 2 aromatic heterocycles. The van der Waals surface area contributed by atoms with Crippen LogP contribution in [0.25, 0.3) is 0 Å². The number of alkyl halides is 1. The van der Waals surface area contributed by atoms with Gasteiger partial charge in [0, 0.05) is 26.0 Å². The summed E-state index contributed by atoms with van der Waals surface area (Å²) in [5, 5.41) is 0. The smallest absolute Gasteiger partial charge is 0.128 e. The molecular formula is C14H16ClN3. The van der Waals surface area contributed by atoms with Crippen LogP contribution in [0.4, 0.5) is 5.82 Å². The second kappa shape index (κ2) is 6.36. The summed E-state index contributed by atoms with van der Waals surface area (Å²) in [5.74, 6) is 1.41. The standard InChI is InChI=1S/C14H16ClN3/c1-18(10-7-12-5-8-16-9-6-12)14-4-2-3-13(11-15)17-14/h2-6,8-9H,7,10-11H2,1H3. The highest BCUT2D eigenvalue weighted by Crippen LogP contribution is 2.11. The zero-order chi connectivity index (χ0) is 12.8. The lowest BCUT2D eigenvalue weighted by molar-refractivity contribution is 0.854. The minimum absolute atomic E-state index is 0.450. The molecule has 0 saturated carbocycles. The molecule has 2 aromatic rings. The second-order valence-electron chi connectivity index (χ2n) is 4.15. The van der Waals surface area contributed by atoms with Crippen molar-refractivity contribution in [1.82, 2.24) is 9.97 Å². The first kappa shape index (κ1) is 12.8. The van der Waals surface area contributed by atoms with Gasteiger partial charge in [-0.05, 0) is 36.2 Å². The molecule has 2 heterocycles. The van der Waals surface area contributed by atoms with Gasteiger partial charge in [-0.1, -0.05) is 6.07 Å². The van der Waals surface area contributed by atoms with Gasteiger partial charge in [-0.25, -0.2) is 4.98 Å². The average molecular weight is 262 g/mol. The number of anilines is 1. The van der Waals surface area contributed by atoms with Crippen LogP contribution in [0.15, 0.2) is 42.7 Å². The molecule has 0 N–H and O–H groups in total. The van der Waals surface area contributed by atoms with Crippen LogP contribution in [-0.4, -0.2) is 23.6 Å². The van der Waals surface area contributed by atoms with Crippen molar-refractivity contribution in [2.45, 2.75) is 12.3 Å². The number of pyridine rings is 2. The third-order valence-corrected chi connectivity index (χ3v) is 3.08. The van der Waals surface area contributed by atoms with Crippen LogP contribution in [0.3, 0.4) is 0 Å². The van der Waals surface area contributed by atoms with Gasteiger partial charge in [-0.3, -0.25) is 4.98 Å². The van der Waals surface area contributed by atoms with Crippen LogP contribution in [0, 0.1) is 0 Å². The van der Waals surface area contributed by atoms with E-state index in [0.717, 1.165) is 24.5 Å². The Balaban J connectivity index is 1.97. The Hall–Kier alpha value is -1.61. The van der Waals surface area contributed by atoms with Crippen molar-refractivity contribution in [1.29, 1.82) is 0 Å². The molecule has 0 aliphatic carbocycles. The summed E-state index contributed by atoms with van der Waals surface area (Å²) in [6.45, 7) is 0.919. The van der Waals surface area contributed by atoms with Gasteiger partial charge in [-0.2, -0.15) is 0 Å². The van der Waals surface area contributed by atoms with Gasteiger partial charge < -0.3 is 4.90 Å². The Morgan fingerprint density at radius 1 is 1.17 bits per heavy atom. The van der Waals surface area contributed by atoms with Gasteiger partial charge in [-0.15, -0.1) is 11.6 Å². The van der Waals surface area contributed by atoms with Crippen molar-refractivity contribution >= 4 is 17.4 Å². The summed E-state index contributed by atoms with van der Waals surface area (Å²) in [7, 11) is 2.04. The topological polar surface area (TPSA) is 29.0 Å². The van der Waals surface area contributed by atoms with E-state index in [-0.39, 0.29) is 0 Å². The molecule has 3 nitrogen and oxygen atoms in total. The molecule has 18 heavy (non-hydrogen) atoms. The van der Waals surface area contributed by atoms with Crippen LogP contribution in [-0.2, 0) is 12.3 Å². The minimum Gasteiger partial charge on any atom is -0.359 e. The number of rotatable bonds is 5. The lowest BCUT2D eigenvalue weighted by Gasteiger charge is -2.18. The van der Waals surface area contributed by atoms with Crippen molar-refractivity contribution in [2.75, 3.05) is 18.5 Å². The number of aromatic nitrogens is 2. The molecule has 4 heteroatoms. The molecule has 0 radical (unpaired) electrons. The molecule has 0 spiro atoms. The number of hydrogen-bond acceptors (Lipinski definition) is 3. The van der Waals surface area contributed by atoms with E-state index in [1.54, 1.807) is 0 Å². The van der Waals surface area contributed by atoms with Crippen LogP contribution < -0.4 is 4.90 Å².